The Balaban J connectivity index is 4.64. The number of hydrogen-bond acceptors (Lipinski definition) is 2. The zero-order valence-electron chi connectivity index (χ0n) is 9.78. The molecule has 0 spiro atoms. The number of aliphatic carboxylic acids is 2. The molecule has 0 saturated heterocycles. The van der Waals surface area contributed by atoms with Crippen LogP contribution in [0.5, 0.6) is 0 Å². The van der Waals surface area contributed by atoms with Crippen molar-refractivity contribution in [3.63, 3.8) is 0 Å². The van der Waals surface area contributed by atoms with Crippen molar-refractivity contribution in [3.8, 4) is 0 Å². The van der Waals surface area contributed by atoms with Crippen LogP contribution < -0.4 is 0 Å². The highest BCUT2D eigenvalue weighted by Gasteiger charge is 2.41. The number of hydrogen-bond donors (Lipinski definition) is 2. The van der Waals surface area contributed by atoms with E-state index in [1.807, 2.05) is 13.8 Å². The van der Waals surface area contributed by atoms with Crippen LogP contribution in [-0.2, 0) is 9.59 Å². The Morgan fingerprint density at radius 1 is 1.20 bits per heavy atom. The summed E-state index contributed by atoms with van der Waals surface area (Å²) in [4.78, 5) is 21.6. The molecule has 2 N–H and O–H groups in total. The first-order valence-corrected chi connectivity index (χ1v) is 5.18. The van der Waals surface area contributed by atoms with E-state index in [1.54, 1.807) is 13.8 Å². The van der Waals surface area contributed by atoms with E-state index < -0.39 is 17.4 Å². The molecule has 15 heavy (non-hydrogen) atoms. The van der Waals surface area contributed by atoms with Crippen molar-refractivity contribution in [3.05, 3.63) is 0 Å². The van der Waals surface area contributed by atoms with Gasteiger partial charge < -0.3 is 10.2 Å². The van der Waals surface area contributed by atoms with Crippen LogP contribution in [-0.4, -0.2) is 22.2 Å². The zero-order valence-corrected chi connectivity index (χ0v) is 9.78. The third-order valence-corrected chi connectivity index (χ3v) is 3.48. The number of carbonyl (C=O) groups is 2. The van der Waals surface area contributed by atoms with Crippen molar-refractivity contribution in [2.24, 2.45) is 17.3 Å². The van der Waals surface area contributed by atoms with Crippen LogP contribution in [0.2, 0.25) is 0 Å². The molecule has 4 nitrogen and oxygen atoms in total. The van der Waals surface area contributed by atoms with Gasteiger partial charge in [0.2, 0.25) is 0 Å². The minimum absolute atomic E-state index is 0.0150. The Morgan fingerprint density at radius 3 is 1.93 bits per heavy atom. The molecule has 4 heteroatoms. The number of carboxylic acid groups (broad SMARTS) is 2. The lowest BCUT2D eigenvalue weighted by molar-refractivity contribution is -0.155. The molecule has 0 fully saturated rings. The van der Waals surface area contributed by atoms with Gasteiger partial charge in [-0.2, -0.15) is 0 Å². The van der Waals surface area contributed by atoms with Crippen LogP contribution in [0, 0.1) is 17.3 Å². The monoisotopic (exact) mass is 216 g/mol. The fourth-order valence-electron chi connectivity index (χ4n) is 1.67. The van der Waals surface area contributed by atoms with Gasteiger partial charge in [0.05, 0.1) is 5.41 Å². The van der Waals surface area contributed by atoms with Gasteiger partial charge >= 0.3 is 11.9 Å². The van der Waals surface area contributed by atoms with Crippen LogP contribution in [0.15, 0.2) is 0 Å². The van der Waals surface area contributed by atoms with Crippen molar-refractivity contribution in [2.45, 2.75) is 40.5 Å². The summed E-state index contributed by atoms with van der Waals surface area (Å²) in [7, 11) is 0. The molecule has 0 amide bonds. The van der Waals surface area contributed by atoms with Crippen molar-refractivity contribution >= 4 is 11.9 Å². The maximum absolute atomic E-state index is 11.2. The second-order valence-corrected chi connectivity index (χ2v) is 4.58. The topological polar surface area (TPSA) is 74.6 Å². The highest BCUT2D eigenvalue weighted by atomic mass is 16.4. The highest BCUT2D eigenvalue weighted by Crippen LogP contribution is 2.38. The molecule has 2 unspecified atom stereocenters. The summed E-state index contributed by atoms with van der Waals surface area (Å²) in [6.45, 7) is 7.19. The maximum atomic E-state index is 11.2. The van der Waals surface area contributed by atoms with Gasteiger partial charge in [0, 0.05) is 6.42 Å². The van der Waals surface area contributed by atoms with Gasteiger partial charge in [0.25, 0.3) is 0 Å². The fourth-order valence-corrected chi connectivity index (χ4v) is 1.67. The standard InChI is InChI=1S/C11H20O4/c1-7(2)11(4,10(14)15)8(3)5-6-9(12)13/h7-8H,5-6H2,1-4H3,(H,12,13)(H,14,15). The summed E-state index contributed by atoms with van der Waals surface area (Å²) in [5.74, 6) is -1.89. The largest absolute Gasteiger partial charge is 0.481 e. The van der Waals surface area contributed by atoms with Crippen LogP contribution >= 0.6 is 0 Å². The maximum Gasteiger partial charge on any atom is 0.309 e. The van der Waals surface area contributed by atoms with Crippen LogP contribution in [0.1, 0.15) is 40.5 Å². The van der Waals surface area contributed by atoms with Crippen molar-refractivity contribution in [1.82, 2.24) is 0 Å². The molecule has 0 aromatic carbocycles. The van der Waals surface area contributed by atoms with Crippen LogP contribution in [0.3, 0.4) is 0 Å². The van der Waals surface area contributed by atoms with Crippen LogP contribution in [0.4, 0.5) is 0 Å². The number of rotatable bonds is 6. The van der Waals surface area contributed by atoms with E-state index in [0.29, 0.717) is 6.42 Å². The Labute approximate surface area is 90.3 Å². The van der Waals surface area contributed by atoms with E-state index in [2.05, 4.69) is 0 Å². The molecule has 0 radical (unpaired) electrons. The first-order chi connectivity index (χ1) is 6.72. The molecular formula is C11H20O4. The molecule has 2 atom stereocenters. The van der Waals surface area contributed by atoms with E-state index in [-0.39, 0.29) is 18.3 Å². The lowest BCUT2D eigenvalue weighted by Gasteiger charge is -2.35. The van der Waals surface area contributed by atoms with Gasteiger partial charge in [0.15, 0.2) is 0 Å². The third-order valence-electron chi connectivity index (χ3n) is 3.48. The SMILES string of the molecule is CC(C)C(C)(C(=O)O)C(C)CCC(=O)O. The lowest BCUT2D eigenvalue weighted by Crippen LogP contribution is -2.39. The van der Waals surface area contributed by atoms with E-state index in [9.17, 15) is 14.7 Å². The first-order valence-electron chi connectivity index (χ1n) is 5.18. The van der Waals surface area contributed by atoms with Gasteiger partial charge in [-0.05, 0) is 25.2 Å². The molecule has 0 aliphatic heterocycles. The van der Waals surface area contributed by atoms with Crippen LogP contribution in [0.25, 0.3) is 0 Å². The third kappa shape index (κ3) is 3.22. The Bertz CT molecular complexity index is 247. The second-order valence-electron chi connectivity index (χ2n) is 4.58. The van der Waals surface area contributed by atoms with E-state index in [4.69, 9.17) is 5.11 Å². The predicted octanol–water partition coefficient (Wildman–Crippen LogP) is 2.23. The molecule has 0 aliphatic carbocycles. The molecule has 0 saturated carbocycles. The normalized spacial score (nSPS) is 17.1. The highest BCUT2D eigenvalue weighted by molar-refractivity contribution is 5.75. The lowest BCUT2D eigenvalue weighted by atomic mass is 9.68. The Hall–Kier alpha value is -1.06. The number of carboxylic acids is 2. The zero-order chi connectivity index (χ0) is 12.2. The first kappa shape index (κ1) is 13.9. The smallest absolute Gasteiger partial charge is 0.309 e. The second kappa shape index (κ2) is 5.14. The fraction of sp³-hybridized carbons (Fsp3) is 0.818. The molecule has 0 aromatic heterocycles. The molecule has 88 valence electrons. The van der Waals surface area contributed by atoms with E-state index >= 15 is 0 Å². The van der Waals surface area contributed by atoms with Gasteiger partial charge in [-0.25, -0.2) is 0 Å². The van der Waals surface area contributed by atoms with Gasteiger partial charge in [-0.15, -0.1) is 0 Å². The minimum atomic E-state index is -0.877. The average Bonchev–Trinajstić information content (AvgIpc) is 2.11. The van der Waals surface area contributed by atoms with Crippen molar-refractivity contribution in [2.75, 3.05) is 0 Å². The Kier molecular flexibility index (Phi) is 4.78. The van der Waals surface area contributed by atoms with E-state index in [0.717, 1.165) is 0 Å². The molecule has 0 rings (SSSR count). The van der Waals surface area contributed by atoms with Gasteiger partial charge in [-0.1, -0.05) is 20.8 Å². The quantitative estimate of drug-likeness (QED) is 0.714. The summed E-state index contributed by atoms with van der Waals surface area (Å²) in [6.07, 6.45) is 0.424. The van der Waals surface area contributed by atoms with Gasteiger partial charge in [-0.3, -0.25) is 9.59 Å². The Morgan fingerprint density at radius 2 is 1.67 bits per heavy atom. The van der Waals surface area contributed by atoms with Crippen molar-refractivity contribution in [1.29, 1.82) is 0 Å². The minimum Gasteiger partial charge on any atom is -0.481 e. The molecule has 0 aliphatic rings. The summed E-state index contributed by atoms with van der Waals surface area (Å²) >= 11 is 0. The summed E-state index contributed by atoms with van der Waals surface area (Å²) in [5, 5.41) is 17.7. The molecule has 0 bridgehead atoms. The molecule has 0 heterocycles. The summed E-state index contributed by atoms with van der Waals surface area (Å²) in [5.41, 5.74) is -0.852. The summed E-state index contributed by atoms with van der Waals surface area (Å²) in [6, 6.07) is 0. The van der Waals surface area contributed by atoms with E-state index in [1.165, 1.54) is 0 Å². The summed E-state index contributed by atoms with van der Waals surface area (Å²) < 4.78 is 0. The molecule has 0 aromatic rings. The predicted molar refractivity (Wildman–Crippen MR) is 56.6 cm³/mol. The average molecular weight is 216 g/mol. The van der Waals surface area contributed by atoms with Crippen molar-refractivity contribution < 1.29 is 19.8 Å². The van der Waals surface area contributed by atoms with Gasteiger partial charge in [0.1, 0.15) is 0 Å². The molecular weight excluding hydrogens is 196 g/mol.